The Morgan fingerprint density at radius 3 is 2.81 bits per heavy atom. The van der Waals surface area contributed by atoms with Crippen molar-refractivity contribution >= 4 is 0 Å². The Balaban J connectivity index is 1.28. The standard InChI is InChI=1S/C18H25NO2/c1-2-16(15-6-8-20-9-7-15)10-18(3-1)21-13-17-12-19(17)11-14-4-5-14/h1-3,10,14-15,17H,4-9,11-13H2. The molecule has 2 saturated heterocycles. The molecule has 2 aliphatic heterocycles. The molecule has 0 amide bonds. The summed E-state index contributed by atoms with van der Waals surface area (Å²) in [6, 6.07) is 9.37. The fourth-order valence-corrected chi connectivity index (χ4v) is 3.32. The zero-order valence-electron chi connectivity index (χ0n) is 12.7. The van der Waals surface area contributed by atoms with Crippen molar-refractivity contribution in [1.29, 1.82) is 0 Å². The molecule has 3 fully saturated rings. The Bertz CT molecular complexity index is 480. The monoisotopic (exact) mass is 287 g/mol. The molecule has 0 bridgehead atoms. The van der Waals surface area contributed by atoms with Gasteiger partial charge in [0.2, 0.25) is 0 Å². The lowest BCUT2D eigenvalue weighted by atomic mass is 9.92. The maximum absolute atomic E-state index is 6.02. The number of nitrogens with zero attached hydrogens (tertiary/aromatic N) is 1. The molecule has 1 aromatic rings. The highest BCUT2D eigenvalue weighted by Gasteiger charge is 2.38. The maximum atomic E-state index is 6.02. The van der Waals surface area contributed by atoms with Crippen LogP contribution in [0.3, 0.4) is 0 Å². The third kappa shape index (κ3) is 3.58. The van der Waals surface area contributed by atoms with Gasteiger partial charge in [-0.15, -0.1) is 0 Å². The molecule has 4 rings (SSSR count). The smallest absolute Gasteiger partial charge is 0.119 e. The number of ether oxygens (including phenoxy) is 2. The topological polar surface area (TPSA) is 21.5 Å². The minimum Gasteiger partial charge on any atom is -0.492 e. The molecule has 0 radical (unpaired) electrons. The number of rotatable bonds is 6. The van der Waals surface area contributed by atoms with Gasteiger partial charge in [0.05, 0.1) is 6.04 Å². The van der Waals surface area contributed by atoms with E-state index >= 15 is 0 Å². The summed E-state index contributed by atoms with van der Waals surface area (Å²) >= 11 is 0. The second kappa shape index (κ2) is 5.98. The van der Waals surface area contributed by atoms with Gasteiger partial charge in [0.1, 0.15) is 12.4 Å². The molecule has 21 heavy (non-hydrogen) atoms. The average molecular weight is 287 g/mol. The number of hydrogen-bond acceptors (Lipinski definition) is 3. The Labute approximate surface area is 127 Å². The first kappa shape index (κ1) is 13.6. The van der Waals surface area contributed by atoms with Crippen molar-refractivity contribution in [2.24, 2.45) is 5.92 Å². The fourth-order valence-electron chi connectivity index (χ4n) is 3.32. The largest absolute Gasteiger partial charge is 0.492 e. The summed E-state index contributed by atoms with van der Waals surface area (Å²) in [5.41, 5.74) is 1.42. The lowest BCUT2D eigenvalue weighted by Crippen LogP contribution is -2.15. The molecule has 1 aliphatic carbocycles. The molecule has 3 nitrogen and oxygen atoms in total. The van der Waals surface area contributed by atoms with Gasteiger partial charge in [-0.25, -0.2) is 0 Å². The van der Waals surface area contributed by atoms with Crippen LogP contribution in [0.1, 0.15) is 37.2 Å². The highest BCUT2D eigenvalue weighted by Crippen LogP contribution is 2.34. The lowest BCUT2D eigenvalue weighted by molar-refractivity contribution is 0.0853. The molecule has 2 unspecified atom stereocenters. The van der Waals surface area contributed by atoms with Crippen molar-refractivity contribution in [2.75, 3.05) is 32.9 Å². The quantitative estimate of drug-likeness (QED) is 0.751. The van der Waals surface area contributed by atoms with Crippen LogP contribution in [0, 0.1) is 5.92 Å². The normalized spacial score (nSPS) is 29.3. The van der Waals surface area contributed by atoms with Crippen molar-refractivity contribution < 1.29 is 9.47 Å². The zero-order valence-corrected chi connectivity index (χ0v) is 12.7. The van der Waals surface area contributed by atoms with Crippen LogP contribution in [0.5, 0.6) is 5.75 Å². The van der Waals surface area contributed by atoms with Crippen LogP contribution in [-0.2, 0) is 4.74 Å². The summed E-state index contributed by atoms with van der Waals surface area (Å²) in [4.78, 5) is 2.56. The van der Waals surface area contributed by atoms with Crippen LogP contribution in [-0.4, -0.2) is 43.9 Å². The lowest BCUT2D eigenvalue weighted by Gasteiger charge is -2.22. The van der Waals surface area contributed by atoms with E-state index in [-0.39, 0.29) is 0 Å². The van der Waals surface area contributed by atoms with E-state index in [4.69, 9.17) is 9.47 Å². The van der Waals surface area contributed by atoms with Crippen molar-refractivity contribution in [3.05, 3.63) is 29.8 Å². The maximum Gasteiger partial charge on any atom is 0.119 e. The van der Waals surface area contributed by atoms with Gasteiger partial charge in [0.25, 0.3) is 0 Å². The SMILES string of the molecule is c1cc(OCC2CN2CC2CC2)cc(C2CCOCC2)c1. The zero-order chi connectivity index (χ0) is 14.1. The molecule has 1 saturated carbocycles. The van der Waals surface area contributed by atoms with Crippen LogP contribution < -0.4 is 4.74 Å². The Hall–Kier alpha value is -1.06. The molecule has 3 heteroatoms. The molecular weight excluding hydrogens is 262 g/mol. The predicted molar refractivity (Wildman–Crippen MR) is 82.8 cm³/mol. The van der Waals surface area contributed by atoms with Gasteiger partial charge < -0.3 is 9.47 Å². The van der Waals surface area contributed by atoms with E-state index in [1.807, 2.05) is 0 Å². The first-order valence-electron chi connectivity index (χ1n) is 8.43. The molecule has 3 aliphatic rings. The second-order valence-corrected chi connectivity index (χ2v) is 6.82. The second-order valence-electron chi connectivity index (χ2n) is 6.82. The van der Waals surface area contributed by atoms with E-state index in [0.717, 1.165) is 44.3 Å². The first-order chi connectivity index (χ1) is 10.4. The summed E-state index contributed by atoms with van der Waals surface area (Å²) in [5.74, 6) is 2.68. The summed E-state index contributed by atoms with van der Waals surface area (Å²) in [5, 5.41) is 0. The average Bonchev–Trinajstić information content (AvgIpc) is 3.46. The Morgan fingerprint density at radius 1 is 1.14 bits per heavy atom. The summed E-state index contributed by atoms with van der Waals surface area (Å²) < 4.78 is 11.5. The van der Waals surface area contributed by atoms with E-state index in [1.54, 1.807) is 0 Å². The molecule has 2 atom stereocenters. The fraction of sp³-hybridized carbons (Fsp3) is 0.667. The highest BCUT2D eigenvalue weighted by molar-refractivity contribution is 5.31. The van der Waals surface area contributed by atoms with E-state index in [1.165, 1.54) is 31.5 Å². The molecule has 0 aromatic heterocycles. The predicted octanol–water partition coefficient (Wildman–Crippen LogP) is 3.05. The third-order valence-corrected chi connectivity index (χ3v) is 5.01. The Morgan fingerprint density at radius 2 is 2.00 bits per heavy atom. The van der Waals surface area contributed by atoms with Gasteiger partial charge in [-0.05, 0) is 55.2 Å². The molecule has 2 heterocycles. The van der Waals surface area contributed by atoms with E-state index in [2.05, 4.69) is 29.2 Å². The van der Waals surface area contributed by atoms with Crippen molar-refractivity contribution in [2.45, 2.75) is 37.6 Å². The molecule has 1 aromatic carbocycles. The molecule has 0 N–H and O–H groups in total. The summed E-state index contributed by atoms with van der Waals surface area (Å²) in [6.45, 7) is 5.18. The van der Waals surface area contributed by atoms with E-state index in [0.29, 0.717) is 12.0 Å². The van der Waals surface area contributed by atoms with Crippen LogP contribution in [0.4, 0.5) is 0 Å². The van der Waals surface area contributed by atoms with E-state index < -0.39 is 0 Å². The number of hydrogen-bond donors (Lipinski definition) is 0. The van der Waals surface area contributed by atoms with Crippen molar-refractivity contribution in [1.82, 2.24) is 4.90 Å². The van der Waals surface area contributed by atoms with Crippen molar-refractivity contribution in [3.8, 4) is 5.75 Å². The van der Waals surface area contributed by atoms with Gasteiger partial charge in [0.15, 0.2) is 0 Å². The number of benzene rings is 1. The molecule has 114 valence electrons. The van der Waals surface area contributed by atoms with E-state index in [9.17, 15) is 0 Å². The molecular formula is C18H25NO2. The highest BCUT2D eigenvalue weighted by atomic mass is 16.5. The van der Waals surface area contributed by atoms with Crippen molar-refractivity contribution in [3.63, 3.8) is 0 Å². The van der Waals surface area contributed by atoms with Crippen LogP contribution >= 0.6 is 0 Å². The summed E-state index contributed by atoms with van der Waals surface area (Å²) in [7, 11) is 0. The van der Waals surface area contributed by atoms with Gasteiger partial charge in [-0.3, -0.25) is 4.90 Å². The third-order valence-electron chi connectivity index (χ3n) is 5.01. The van der Waals surface area contributed by atoms with Gasteiger partial charge in [-0.1, -0.05) is 12.1 Å². The van der Waals surface area contributed by atoms with Crippen LogP contribution in [0.15, 0.2) is 24.3 Å². The minimum absolute atomic E-state index is 0.648. The molecule has 0 spiro atoms. The summed E-state index contributed by atoms with van der Waals surface area (Å²) in [6.07, 6.45) is 5.16. The first-order valence-corrected chi connectivity index (χ1v) is 8.43. The minimum atomic E-state index is 0.648. The Kier molecular flexibility index (Phi) is 3.87. The van der Waals surface area contributed by atoms with Gasteiger partial charge in [0, 0.05) is 26.3 Å². The van der Waals surface area contributed by atoms with Crippen LogP contribution in [0.2, 0.25) is 0 Å². The van der Waals surface area contributed by atoms with Gasteiger partial charge in [-0.2, -0.15) is 0 Å². The van der Waals surface area contributed by atoms with Crippen LogP contribution in [0.25, 0.3) is 0 Å². The van der Waals surface area contributed by atoms with Gasteiger partial charge >= 0.3 is 0 Å².